The molecule has 0 spiro atoms. The molecule has 0 saturated carbocycles. The number of hydrogen-bond donors (Lipinski definition) is 1. The monoisotopic (exact) mass is 258 g/mol. The fourth-order valence-corrected chi connectivity index (χ4v) is 1.90. The zero-order chi connectivity index (χ0) is 13.7. The van der Waals surface area contributed by atoms with Crippen LogP contribution in [0.5, 0.6) is 0 Å². The predicted octanol–water partition coefficient (Wildman–Crippen LogP) is 2.89. The average molecular weight is 258 g/mol. The molecular formula is C15H22N4. The molecule has 0 unspecified atom stereocenters. The van der Waals surface area contributed by atoms with Crippen LogP contribution in [0.1, 0.15) is 12.6 Å². The smallest absolute Gasteiger partial charge is 0.207 e. The first-order valence-electron chi connectivity index (χ1n) is 6.73. The van der Waals surface area contributed by atoms with Crippen LogP contribution in [0.4, 0.5) is 11.6 Å². The summed E-state index contributed by atoms with van der Waals surface area (Å²) in [5, 5.41) is 3.37. The lowest BCUT2D eigenvalue weighted by molar-refractivity contribution is 0.336. The van der Waals surface area contributed by atoms with Crippen LogP contribution in [0.2, 0.25) is 0 Å². The summed E-state index contributed by atoms with van der Waals surface area (Å²) in [4.78, 5) is 6.84. The lowest BCUT2D eigenvalue weighted by Gasteiger charge is -2.15. The zero-order valence-corrected chi connectivity index (χ0v) is 11.9. The van der Waals surface area contributed by atoms with E-state index in [0.717, 1.165) is 37.0 Å². The van der Waals surface area contributed by atoms with Gasteiger partial charge >= 0.3 is 0 Å². The number of aryl methyl sites for hydroxylation is 1. The summed E-state index contributed by atoms with van der Waals surface area (Å²) in [7, 11) is 2.13. The van der Waals surface area contributed by atoms with Gasteiger partial charge in [0, 0.05) is 25.0 Å². The summed E-state index contributed by atoms with van der Waals surface area (Å²) in [6.07, 6.45) is 2.09. The van der Waals surface area contributed by atoms with Crippen molar-refractivity contribution in [1.82, 2.24) is 14.5 Å². The van der Waals surface area contributed by atoms with Crippen molar-refractivity contribution < 1.29 is 0 Å². The van der Waals surface area contributed by atoms with Crippen molar-refractivity contribution >= 4 is 11.6 Å². The SMILES string of the molecule is CCN(C)CCn1cc(C)nc1Nc1ccccc1. The Morgan fingerprint density at radius 1 is 1.26 bits per heavy atom. The topological polar surface area (TPSA) is 33.1 Å². The van der Waals surface area contributed by atoms with Crippen molar-refractivity contribution in [3.05, 3.63) is 42.2 Å². The van der Waals surface area contributed by atoms with E-state index in [1.165, 1.54) is 0 Å². The first-order chi connectivity index (χ1) is 9.19. The molecule has 102 valence electrons. The van der Waals surface area contributed by atoms with E-state index in [1.54, 1.807) is 0 Å². The van der Waals surface area contributed by atoms with Gasteiger partial charge in [-0.1, -0.05) is 25.1 Å². The van der Waals surface area contributed by atoms with Gasteiger partial charge in [-0.3, -0.25) is 0 Å². The van der Waals surface area contributed by atoms with E-state index in [2.05, 4.69) is 39.9 Å². The highest BCUT2D eigenvalue weighted by atomic mass is 15.2. The average Bonchev–Trinajstić information content (AvgIpc) is 2.77. The Kier molecular flexibility index (Phi) is 4.58. The zero-order valence-electron chi connectivity index (χ0n) is 11.9. The molecule has 0 fully saturated rings. The number of aromatic nitrogens is 2. The maximum atomic E-state index is 4.54. The van der Waals surface area contributed by atoms with Crippen LogP contribution >= 0.6 is 0 Å². The maximum absolute atomic E-state index is 4.54. The van der Waals surface area contributed by atoms with E-state index in [9.17, 15) is 0 Å². The Bertz CT molecular complexity index is 504. The third-order valence-electron chi connectivity index (χ3n) is 3.19. The first kappa shape index (κ1) is 13.6. The normalized spacial score (nSPS) is 10.9. The van der Waals surface area contributed by atoms with Gasteiger partial charge in [0.2, 0.25) is 5.95 Å². The number of para-hydroxylation sites is 1. The van der Waals surface area contributed by atoms with E-state index in [0.29, 0.717) is 0 Å². The van der Waals surface area contributed by atoms with E-state index < -0.39 is 0 Å². The van der Waals surface area contributed by atoms with Crippen molar-refractivity contribution in [3.63, 3.8) is 0 Å². The van der Waals surface area contributed by atoms with E-state index >= 15 is 0 Å². The molecule has 0 aliphatic heterocycles. The number of likely N-dealkylation sites (N-methyl/N-ethyl adjacent to an activating group) is 1. The van der Waals surface area contributed by atoms with Gasteiger partial charge in [0.25, 0.3) is 0 Å². The standard InChI is InChI=1S/C15H22N4/c1-4-18(3)10-11-19-12-13(2)16-15(19)17-14-8-6-5-7-9-14/h5-9,12H,4,10-11H2,1-3H3,(H,16,17). The van der Waals surface area contributed by atoms with Crippen LogP contribution in [-0.4, -0.2) is 34.6 Å². The molecule has 0 saturated heterocycles. The number of hydrogen-bond acceptors (Lipinski definition) is 3. The number of imidazole rings is 1. The fourth-order valence-electron chi connectivity index (χ4n) is 1.90. The summed E-state index contributed by atoms with van der Waals surface area (Å²) in [6, 6.07) is 10.2. The van der Waals surface area contributed by atoms with E-state index in [1.807, 2.05) is 37.3 Å². The maximum Gasteiger partial charge on any atom is 0.207 e. The van der Waals surface area contributed by atoms with Crippen molar-refractivity contribution in [3.8, 4) is 0 Å². The molecule has 1 aromatic heterocycles. The summed E-state index contributed by atoms with van der Waals surface area (Å²) in [5.41, 5.74) is 2.11. The molecule has 19 heavy (non-hydrogen) atoms. The summed E-state index contributed by atoms with van der Waals surface area (Å²) in [6.45, 7) is 7.23. The fraction of sp³-hybridized carbons (Fsp3) is 0.400. The van der Waals surface area contributed by atoms with Gasteiger partial charge in [-0.15, -0.1) is 0 Å². The number of anilines is 2. The van der Waals surface area contributed by atoms with Gasteiger partial charge in [-0.2, -0.15) is 0 Å². The van der Waals surface area contributed by atoms with Crippen LogP contribution < -0.4 is 5.32 Å². The van der Waals surface area contributed by atoms with Gasteiger partial charge in [0.1, 0.15) is 0 Å². The van der Waals surface area contributed by atoms with Crippen molar-refractivity contribution in [2.45, 2.75) is 20.4 Å². The molecular weight excluding hydrogens is 236 g/mol. The minimum absolute atomic E-state index is 0.910. The van der Waals surface area contributed by atoms with E-state index in [-0.39, 0.29) is 0 Å². The Morgan fingerprint density at radius 2 is 2.00 bits per heavy atom. The highest BCUT2D eigenvalue weighted by Gasteiger charge is 2.06. The highest BCUT2D eigenvalue weighted by Crippen LogP contribution is 2.15. The van der Waals surface area contributed by atoms with E-state index in [4.69, 9.17) is 0 Å². The Labute approximate surface area is 115 Å². The second-order valence-electron chi connectivity index (χ2n) is 4.79. The van der Waals surface area contributed by atoms with Crippen LogP contribution in [0, 0.1) is 6.92 Å². The van der Waals surface area contributed by atoms with Gasteiger partial charge in [0.15, 0.2) is 0 Å². The summed E-state index contributed by atoms with van der Waals surface area (Å²) < 4.78 is 2.18. The Balaban J connectivity index is 2.08. The molecule has 1 N–H and O–H groups in total. The van der Waals surface area contributed by atoms with Crippen LogP contribution in [0.15, 0.2) is 36.5 Å². The molecule has 1 heterocycles. The number of benzene rings is 1. The lowest BCUT2D eigenvalue weighted by Crippen LogP contribution is -2.23. The molecule has 0 radical (unpaired) electrons. The largest absolute Gasteiger partial charge is 0.326 e. The minimum Gasteiger partial charge on any atom is -0.326 e. The first-order valence-corrected chi connectivity index (χ1v) is 6.73. The summed E-state index contributed by atoms with van der Waals surface area (Å²) >= 11 is 0. The number of nitrogens with one attached hydrogen (secondary N) is 1. The van der Waals surface area contributed by atoms with Crippen molar-refractivity contribution in [1.29, 1.82) is 0 Å². The van der Waals surface area contributed by atoms with Gasteiger partial charge in [-0.25, -0.2) is 4.98 Å². The second kappa shape index (κ2) is 6.38. The predicted molar refractivity (Wildman–Crippen MR) is 79.9 cm³/mol. The molecule has 1 aromatic carbocycles. The molecule has 4 heteroatoms. The van der Waals surface area contributed by atoms with Crippen LogP contribution in [0.3, 0.4) is 0 Å². The quantitative estimate of drug-likeness (QED) is 0.865. The van der Waals surface area contributed by atoms with Gasteiger partial charge < -0.3 is 14.8 Å². The lowest BCUT2D eigenvalue weighted by atomic mass is 10.3. The summed E-state index contributed by atoms with van der Waals surface area (Å²) in [5.74, 6) is 0.910. The highest BCUT2D eigenvalue weighted by molar-refractivity contribution is 5.53. The van der Waals surface area contributed by atoms with Crippen molar-refractivity contribution in [2.24, 2.45) is 0 Å². The van der Waals surface area contributed by atoms with Crippen LogP contribution in [0.25, 0.3) is 0 Å². The molecule has 0 aliphatic carbocycles. The molecule has 2 rings (SSSR count). The number of rotatable bonds is 6. The molecule has 0 aliphatic rings. The Morgan fingerprint density at radius 3 is 2.68 bits per heavy atom. The number of nitrogens with zero attached hydrogens (tertiary/aromatic N) is 3. The third kappa shape index (κ3) is 3.83. The third-order valence-corrected chi connectivity index (χ3v) is 3.19. The minimum atomic E-state index is 0.910. The van der Waals surface area contributed by atoms with Gasteiger partial charge in [-0.05, 0) is 32.6 Å². The molecule has 2 aromatic rings. The molecule has 4 nitrogen and oxygen atoms in total. The molecule has 0 atom stereocenters. The second-order valence-corrected chi connectivity index (χ2v) is 4.79. The Hall–Kier alpha value is -1.81. The van der Waals surface area contributed by atoms with Gasteiger partial charge in [0.05, 0.1) is 5.69 Å². The van der Waals surface area contributed by atoms with Crippen molar-refractivity contribution in [2.75, 3.05) is 25.5 Å². The van der Waals surface area contributed by atoms with Crippen LogP contribution in [-0.2, 0) is 6.54 Å². The molecule has 0 amide bonds. The molecule has 0 bridgehead atoms.